The van der Waals surface area contributed by atoms with Crippen molar-refractivity contribution < 1.29 is 9.53 Å². The molecular weight excluding hydrogens is 366 g/mol. The lowest BCUT2D eigenvalue weighted by atomic mass is 10.1. The van der Waals surface area contributed by atoms with E-state index in [0.717, 1.165) is 18.7 Å². The number of rotatable bonds is 3. The number of nitrogens with one attached hydrogen (secondary N) is 1. The van der Waals surface area contributed by atoms with Crippen LogP contribution >= 0.6 is 0 Å². The highest BCUT2D eigenvalue weighted by Crippen LogP contribution is 2.32. The molecule has 154 valence electrons. The van der Waals surface area contributed by atoms with Crippen LogP contribution in [0.25, 0.3) is 0 Å². The SMILES string of the molecule is CC(C)(C)OC(=O)N1CCN(c2cnccn2)C(NC2CCc3ccccc32)C1. The van der Waals surface area contributed by atoms with Crippen LogP contribution in [-0.2, 0) is 11.2 Å². The van der Waals surface area contributed by atoms with Crippen LogP contribution in [0, 0.1) is 0 Å². The van der Waals surface area contributed by atoms with Crippen LogP contribution in [0.1, 0.15) is 44.4 Å². The van der Waals surface area contributed by atoms with Crippen LogP contribution in [0.5, 0.6) is 0 Å². The molecule has 0 spiro atoms. The molecule has 1 aliphatic heterocycles. The molecule has 1 aromatic carbocycles. The second-order valence-corrected chi connectivity index (χ2v) is 8.66. The lowest BCUT2D eigenvalue weighted by Gasteiger charge is -2.43. The van der Waals surface area contributed by atoms with Gasteiger partial charge in [-0.15, -0.1) is 0 Å². The first-order chi connectivity index (χ1) is 13.9. The Kier molecular flexibility index (Phi) is 5.41. The zero-order chi connectivity index (χ0) is 20.4. The Hall–Kier alpha value is -2.67. The van der Waals surface area contributed by atoms with Crippen LogP contribution in [0.2, 0.25) is 0 Å². The third-order valence-corrected chi connectivity index (χ3v) is 5.40. The van der Waals surface area contributed by atoms with E-state index in [2.05, 4.69) is 44.5 Å². The van der Waals surface area contributed by atoms with E-state index in [4.69, 9.17) is 4.74 Å². The number of amides is 1. The Morgan fingerprint density at radius 2 is 2.03 bits per heavy atom. The molecule has 1 saturated heterocycles. The number of piperazine rings is 1. The highest BCUT2D eigenvalue weighted by molar-refractivity contribution is 5.68. The molecule has 1 fully saturated rings. The summed E-state index contributed by atoms with van der Waals surface area (Å²) in [4.78, 5) is 25.4. The molecule has 0 radical (unpaired) electrons. The Labute approximate surface area is 172 Å². The van der Waals surface area contributed by atoms with Gasteiger partial charge in [-0.05, 0) is 44.7 Å². The molecule has 1 aliphatic carbocycles. The third kappa shape index (κ3) is 4.50. The average Bonchev–Trinajstić information content (AvgIpc) is 3.10. The quantitative estimate of drug-likeness (QED) is 0.861. The van der Waals surface area contributed by atoms with Gasteiger partial charge in [-0.3, -0.25) is 10.3 Å². The first-order valence-corrected chi connectivity index (χ1v) is 10.3. The number of hydrogen-bond acceptors (Lipinski definition) is 6. The smallest absolute Gasteiger partial charge is 0.410 e. The minimum atomic E-state index is -0.507. The van der Waals surface area contributed by atoms with E-state index in [1.54, 1.807) is 23.5 Å². The van der Waals surface area contributed by atoms with Crippen LogP contribution in [0.4, 0.5) is 10.6 Å². The number of aryl methyl sites for hydroxylation is 1. The summed E-state index contributed by atoms with van der Waals surface area (Å²) in [7, 11) is 0. The molecule has 0 bridgehead atoms. The molecule has 1 aromatic heterocycles. The fourth-order valence-corrected chi connectivity index (χ4v) is 4.09. The molecule has 2 atom stereocenters. The standard InChI is InChI=1S/C22H29N5O2/c1-22(2,3)29-21(28)26-12-13-27(19-14-23-10-11-24-19)20(15-26)25-18-9-8-16-6-4-5-7-17(16)18/h4-7,10-11,14,18,20,25H,8-9,12-13,15H2,1-3H3. The molecule has 2 aromatic rings. The molecule has 2 aliphatic rings. The highest BCUT2D eigenvalue weighted by Gasteiger charge is 2.35. The molecule has 4 rings (SSSR count). The fraction of sp³-hybridized carbons (Fsp3) is 0.500. The molecule has 2 unspecified atom stereocenters. The summed E-state index contributed by atoms with van der Waals surface area (Å²) in [6.07, 6.45) is 6.95. The second kappa shape index (κ2) is 7.99. The van der Waals surface area contributed by atoms with Crippen molar-refractivity contribution in [3.63, 3.8) is 0 Å². The van der Waals surface area contributed by atoms with Crippen molar-refractivity contribution in [1.82, 2.24) is 20.2 Å². The van der Waals surface area contributed by atoms with Crippen LogP contribution < -0.4 is 10.2 Å². The van der Waals surface area contributed by atoms with Gasteiger partial charge in [0.2, 0.25) is 0 Å². The number of fused-ring (bicyclic) bond motifs is 1. The van der Waals surface area contributed by atoms with E-state index in [1.807, 2.05) is 20.8 Å². The maximum absolute atomic E-state index is 12.7. The van der Waals surface area contributed by atoms with Gasteiger partial charge in [0, 0.05) is 31.5 Å². The normalized spacial score (nSPS) is 21.8. The van der Waals surface area contributed by atoms with Crippen molar-refractivity contribution >= 4 is 11.9 Å². The van der Waals surface area contributed by atoms with Crippen molar-refractivity contribution in [1.29, 1.82) is 0 Å². The molecule has 7 nitrogen and oxygen atoms in total. The van der Waals surface area contributed by atoms with Gasteiger partial charge in [0.1, 0.15) is 11.4 Å². The fourth-order valence-electron chi connectivity index (χ4n) is 4.09. The predicted molar refractivity (Wildman–Crippen MR) is 112 cm³/mol. The van der Waals surface area contributed by atoms with E-state index < -0.39 is 5.60 Å². The third-order valence-electron chi connectivity index (χ3n) is 5.40. The van der Waals surface area contributed by atoms with Gasteiger partial charge in [0.15, 0.2) is 0 Å². The van der Waals surface area contributed by atoms with E-state index in [9.17, 15) is 4.79 Å². The zero-order valence-electron chi connectivity index (χ0n) is 17.3. The summed E-state index contributed by atoms with van der Waals surface area (Å²) in [6.45, 7) is 7.47. The molecular formula is C22H29N5O2. The Morgan fingerprint density at radius 1 is 1.21 bits per heavy atom. The molecule has 2 heterocycles. The number of benzene rings is 1. The minimum absolute atomic E-state index is 0.0656. The predicted octanol–water partition coefficient (Wildman–Crippen LogP) is 3.14. The van der Waals surface area contributed by atoms with Crippen LogP contribution in [0.3, 0.4) is 0 Å². The summed E-state index contributed by atoms with van der Waals surface area (Å²) < 4.78 is 5.61. The van der Waals surface area contributed by atoms with Crippen molar-refractivity contribution in [2.45, 2.75) is 51.4 Å². The van der Waals surface area contributed by atoms with E-state index in [1.165, 1.54) is 11.1 Å². The Bertz CT molecular complexity index is 852. The molecule has 1 amide bonds. The average molecular weight is 396 g/mol. The van der Waals surface area contributed by atoms with E-state index >= 15 is 0 Å². The summed E-state index contributed by atoms with van der Waals surface area (Å²) in [5.74, 6) is 0.820. The maximum atomic E-state index is 12.7. The lowest BCUT2D eigenvalue weighted by Crippen LogP contribution is -2.61. The summed E-state index contributed by atoms with van der Waals surface area (Å²) in [6, 6.07) is 8.84. The highest BCUT2D eigenvalue weighted by atomic mass is 16.6. The first-order valence-electron chi connectivity index (χ1n) is 10.3. The Balaban J connectivity index is 1.54. The van der Waals surface area contributed by atoms with Gasteiger partial charge in [-0.2, -0.15) is 0 Å². The molecule has 7 heteroatoms. The zero-order valence-corrected chi connectivity index (χ0v) is 17.3. The maximum Gasteiger partial charge on any atom is 0.410 e. The lowest BCUT2D eigenvalue weighted by molar-refractivity contribution is 0.0200. The van der Waals surface area contributed by atoms with Crippen molar-refractivity contribution in [2.24, 2.45) is 0 Å². The second-order valence-electron chi connectivity index (χ2n) is 8.66. The number of hydrogen-bond donors (Lipinski definition) is 1. The van der Waals surface area contributed by atoms with Crippen molar-refractivity contribution in [3.8, 4) is 0 Å². The molecule has 29 heavy (non-hydrogen) atoms. The van der Waals surface area contributed by atoms with Crippen LogP contribution in [0.15, 0.2) is 42.9 Å². The van der Waals surface area contributed by atoms with Gasteiger partial charge in [-0.1, -0.05) is 24.3 Å². The Morgan fingerprint density at radius 3 is 2.79 bits per heavy atom. The number of anilines is 1. The molecule has 0 saturated carbocycles. The van der Waals surface area contributed by atoms with Crippen molar-refractivity contribution in [3.05, 3.63) is 54.0 Å². The van der Waals surface area contributed by atoms with Gasteiger partial charge >= 0.3 is 6.09 Å². The van der Waals surface area contributed by atoms with E-state index in [0.29, 0.717) is 19.6 Å². The number of ether oxygens (including phenoxy) is 1. The number of carbonyl (C=O) groups is 1. The minimum Gasteiger partial charge on any atom is -0.444 e. The largest absolute Gasteiger partial charge is 0.444 e. The first kappa shape index (κ1) is 19.6. The van der Waals surface area contributed by atoms with Gasteiger partial charge in [0.25, 0.3) is 0 Å². The molecule has 1 N–H and O–H groups in total. The summed E-state index contributed by atoms with van der Waals surface area (Å²) in [5, 5.41) is 3.78. The van der Waals surface area contributed by atoms with Crippen LogP contribution in [-0.4, -0.2) is 52.4 Å². The van der Waals surface area contributed by atoms with Gasteiger partial charge in [-0.25, -0.2) is 9.78 Å². The summed E-state index contributed by atoms with van der Waals surface area (Å²) >= 11 is 0. The summed E-state index contributed by atoms with van der Waals surface area (Å²) in [5.41, 5.74) is 2.24. The number of nitrogens with zero attached hydrogens (tertiary/aromatic N) is 4. The van der Waals surface area contributed by atoms with Crippen molar-refractivity contribution in [2.75, 3.05) is 24.5 Å². The number of carbonyl (C=O) groups excluding carboxylic acids is 1. The van der Waals surface area contributed by atoms with E-state index in [-0.39, 0.29) is 18.3 Å². The monoisotopic (exact) mass is 395 g/mol. The topological polar surface area (TPSA) is 70.6 Å². The van der Waals surface area contributed by atoms with Gasteiger partial charge < -0.3 is 14.5 Å². The number of aromatic nitrogens is 2. The van der Waals surface area contributed by atoms with Gasteiger partial charge in [0.05, 0.1) is 18.9 Å².